The van der Waals surface area contributed by atoms with Crippen LogP contribution in [0.1, 0.15) is 45.7 Å². The zero-order valence-electron chi connectivity index (χ0n) is 23.2. The van der Waals surface area contributed by atoms with Gasteiger partial charge in [-0.15, -0.1) is 0 Å². The Balaban J connectivity index is 1.25. The Morgan fingerprint density at radius 1 is 0.933 bits per heavy atom. The van der Waals surface area contributed by atoms with Gasteiger partial charge in [0.15, 0.2) is 11.6 Å². The van der Waals surface area contributed by atoms with Gasteiger partial charge in [0.1, 0.15) is 29.6 Å². The highest BCUT2D eigenvalue weighted by molar-refractivity contribution is 5.92. The van der Waals surface area contributed by atoms with Crippen molar-refractivity contribution in [2.45, 2.75) is 38.5 Å². The lowest BCUT2D eigenvalue weighted by Gasteiger charge is -2.27. The summed E-state index contributed by atoms with van der Waals surface area (Å²) in [7, 11) is 0. The number of benzene rings is 3. The minimum absolute atomic E-state index is 0.0424. The summed E-state index contributed by atoms with van der Waals surface area (Å²) in [5.41, 5.74) is -0.0210. The number of aromatic nitrogens is 3. The smallest absolute Gasteiger partial charge is 0.335 e. The van der Waals surface area contributed by atoms with Crippen molar-refractivity contribution < 1.29 is 45.7 Å². The highest BCUT2D eigenvalue weighted by atomic mass is 19.3. The van der Waals surface area contributed by atoms with Crippen LogP contribution in [0.2, 0.25) is 0 Å². The van der Waals surface area contributed by atoms with Crippen molar-refractivity contribution in [3.63, 3.8) is 0 Å². The van der Waals surface area contributed by atoms with Gasteiger partial charge < -0.3 is 19.1 Å². The molecule has 1 fully saturated rings. The average molecular weight is 628 g/mol. The molecule has 2 aromatic heterocycles. The molecule has 1 saturated heterocycles. The van der Waals surface area contributed by atoms with E-state index < -0.39 is 53.7 Å². The van der Waals surface area contributed by atoms with Crippen LogP contribution in [0.5, 0.6) is 5.88 Å². The number of pyridine rings is 1. The fourth-order valence-corrected chi connectivity index (χ4v) is 4.99. The van der Waals surface area contributed by atoms with E-state index in [1.54, 1.807) is 4.57 Å². The monoisotopic (exact) mass is 627 g/mol. The number of alkyl halides is 2. The quantitative estimate of drug-likeness (QED) is 0.164. The van der Waals surface area contributed by atoms with Crippen LogP contribution in [-0.2, 0) is 24.3 Å². The van der Waals surface area contributed by atoms with E-state index in [4.69, 9.17) is 9.47 Å². The summed E-state index contributed by atoms with van der Waals surface area (Å²) in [4.78, 5) is 20.0. The molecule has 232 valence electrons. The van der Waals surface area contributed by atoms with Crippen molar-refractivity contribution in [2.75, 3.05) is 6.61 Å². The molecular weight excluding hydrogens is 604 g/mol. The van der Waals surface area contributed by atoms with E-state index in [1.807, 2.05) is 0 Å². The number of carboxylic acid groups (broad SMARTS) is 1. The predicted octanol–water partition coefficient (Wildman–Crippen LogP) is 7.25. The summed E-state index contributed by atoms with van der Waals surface area (Å²) in [6.07, 6.45) is -2.34. The zero-order valence-corrected chi connectivity index (χ0v) is 23.2. The average Bonchev–Trinajstić information content (AvgIpc) is 3.33. The molecule has 5 aromatic rings. The molecule has 0 bridgehead atoms. The number of hydrogen-bond acceptors (Lipinski definition) is 5. The number of ether oxygens (including phenoxy) is 2. The van der Waals surface area contributed by atoms with Gasteiger partial charge >= 0.3 is 5.97 Å². The molecule has 0 unspecified atom stereocenters. The largest absolute Gasteiger partial charge is 0.478 e. The van der Waals surface area contributed by atoms with E-state index in [-0.39, 0.29) is 58.1 Å². The first-order chi connectivity index (χ1) is 21.6. The Labute approximate surface area is 251 Å². The molecule has 3 heterocycles. The Kier molecular flexibility index (Phi) is 8.19. The molecule has 3 aromatic carbocycles. The maximum atomic E-state index is 15.4. The Morgan fingerprint density at radius 3 is 2.36 bits per heavy atom. The third-order valence-corrected chi connectivity index (χ3v) is 7.52. The third kappa shape index (κ3) is 6.21. The molecule has 45 heavy (non-hydrogen) atoms. The highest BCUT2D eigenvalue weighted by Gasteiger charge is 2.25. The third-order valence-electron chi connectivity index (χ3n) is 7.52. The number of nitrogens with zero attached hydrogens (tertiary/aromatic N) is 3. The van der Waals surface area contributed by atoms with E-state index >= 15 is 4.39 Å². The number of rotatable bonds is 10. The Morgan fingerprint density at radius 2 is 1.69 bits per heavy atom. The Bertz CT molecular complexity index is 1930. The summed E-state index contributed by atoms with van der Waals surface area (Å²) in [6, 6.07) is 11.6. The van der Waals surface area contributed by atoms with Crippen LogP contribution in [0.3, 0.4) is 0 Å². The summed E-state index contributed by atoms with van der Waals surface area (Å²) < 4.78 is 97.0. The van der Waals surface area contributed by atoms with Crippen molar-refractivity contribution in [2.24, 2.45) is 0 Å². The number of fused-ring (bicyclic) bond motifs is 1. The Hall–Kier alpha value is -4.91. The summed E-state index contributed by atoms with van der Waals surface area (Å²) in [5, 5.41) is 9.41. The lowest BCUT2D eigenvalue weighted by molar-refractivity contribution is -0.0589. The van der Waals surface area contributed by atoms with E-state index in [1.165, 1.54) is 30.3 Å². The molecule has 1 N–H and O–H groups in total. The predicted molar refractivity (Wildman–Crippen MR) is 149 cm³/mol. The van der Waals surface area contributed by atoms with Gasteiger partial charge in [0.25, 0.3) is 12.3 Å². The van der Waals surface area contributed by atoms with Crippen LogP contribution >= 0.6 is 0 Å². The number of imidazole rings is 1. The number of carbonyl (C=O) groups is 1. The minimum Gasteiger partial charge on any atom is -0.478 e. The fourth-order valence-electron chi connectivity index (χ4n) is 4.99. The standard InChI is InChI=1S/C32H23F6N3O4/c33-22-5-6-26(39-31(22)45-15-19-4-3-18(30(37)38)10-24(19)35)17-2-1-16(23(34)9-17)13-28-40-29-25(36)11-20(32(42)43)12-27(29)41(28)14-21-7-8-44-21/h1-6,9-12,21,30H,7-8,13-15H2,(H,42,43)/t21-/m0/s1. The first-order valence-corrected chi connectivity index (χ1v) is 13.8. The van der Waals surface area contributed by atoms with E-state index in [9.17, 15) is 31.9 Å². The van der Waals surface area contributed by atoms with Gasteiger partial charge in [-0.25, -0.2) is 41.1 Å². The minimum atomic E-state index is -2.85. The van der Waals surface area contributed by atoms with Crippen molar-refractivity contribution >= 4 is 17.0 Å². The molecule has 13 heteroatoms. The van der Waals surface area contributed by atoms with Crippen molar-refractivity contribution in [3.8, 4) is 17.1 Å². The van der Waals surface area contributed by atoms with Gasteiger partial charge in [0.2, 0.25) is 0 Å². The molecule has 6 rings (SSSR count). The van der Waals surface area contributed by atoms with Gasteiger partial charge in [-0.3, -0.25) is 0 Å². The van der Waals surface area contributed by atoms with E-state index in [0.717, 1.165) is 30.7 Å². The lowest BCUT2D eigenvalue weighted by Crippen LogP contribution is -2.31. The van der Waals surface area contributed by atoms with Gasteiger partial charge in [-0.2, -0.15) is 0 Å². The van der Waals surface area contributed by atoms with Crippen molar-refractivity contribution in [1.82, 2.24) is 14.5 Å². The molecule has 1 aliphatic rings. The fraction of sp³-hybridized carbons (Fsp3) is 0.219. The second-order valence-electron chi connectivity index (χ2n) is 10.5. The van der Waals surface area contributed by atoms with Crippen LogP contribution < -0.4 is 4.74 Å². The van der Waals surface area contributed by atoms with E-state index in [2.05, 4.69) is 9.97 Å². The molecular formula is C32H23F6N3O4. The molecule has 7 nitrogen and oxygen atoms in total. The molecule has 0 amide bonds. The maximum absolute atomic E-state index is 15.4. The van der Waals surface area contributed by atoms with Gasteiger partial charge in [-0.05, 0) is 48.4 Å². The summed E-state index contributed by atoms with van der Waals surface area (Å²) >= 11 is 0. The summed E-state index contributed by atoms with van der Waals surface area (Å²) in [6.45, 7) is 0.348. The SMILES string of the molecule is O=C(O)c1cc(F)c2nc(Cc3ccc(-c4ccc(F)c(OCc5ccc(C(F)F)cc5F)n4)cc3F)n(C[C@@H]3CCO3)c2c1. The molecule has 0 radical (unpaired) electrons. The number of aromatic carboxylic acids is 1. The van der Waals surface area contributed by atoms with Crippen LogP contribution in [0.15, 0.2) is 60.7 Å². The van der Waals surface area contributed by atoms with Crippen LogP contribution in [0.25, 0.3) is 22.3 Å². The number of halogens is 6. The normalized spacial score (nSPS) is 14.6. The van der Waals surface area contributed by atoms with Gasteiger partial charge in [0, 0.05) is 29.7 Å². The molecule has 1 atom stereocenters. The molecule has 0 spiro atoms. The first-order valence-electron chi connectivity index (χ1n) is 13.8. The van der Waals surface area contributed by atoms with Crippen LogP contribution in [-0.4, -0.2) is 38.3 Å². The van der Waals surface area contributed by atoms with Crippen LogP contribution in [0, 0.1) is 23.3 Å². The molecule has 0 aliphatic carbocycles. The molecule has 1 aliphatic heterocycles. The summed E-state index contributed by atoms with van der Waals surface area (Å²) in [5.74, 6) is -4.78. The zero-order chi connectivity index (χ0) is 31.8. The van der Waals surface area contributed by atoms with Crippen LogP contribution in [0.4, 0.5) is 26.3 Å². The molecule has 0 saturated carbocycles. The highest BCUT2D eigenvalue weighted by Crippen LogP contribution is 2.29. The second-order valence-corrected chi connectivity index (χ2v) is 10.5. The maximum Gasteiger partial charge on any atom is 0.335 e. The topological polar surface area (TPSA) is 86.5 Å². The van der Waals surface area contributed by atoms with Gasteiger partial charge in [0.05, 0.1) is 29.4 Å². The van der Waals surface area contributed by atoms with E-state index in [0.29, 0.717) is 18.5 Å². The number of carboxylic acids is 1. The lowest BCUT2D eigenvalue weighted by atomic mass is 10.0. The van der Waals surface area contributed by atoms with Gasteiger partial charge in [-0.1, -0.05) is 24.3 Å². The van der Waals surface area contributed by atoms with Crippen molar-refractivity contribution in [3.05, 3.63) is 112 Å². The first kappa shape index (κ1) is 30.1. The van der Waals surface area contributed by atoms with Crippen molar-refractivity contribution in [1.29, 1.82) is 0 Å². The number of hydrogen-bond donors (Lipinski definition) is 1. The second kappa shape index (κ2) is 12.2.